The number of nitrogens with zero attached hydrogens (tertiary/aromatic N) is 7. The van der Waals surface area contributed by atoms with Gasteiger partial charge in [0, 0.05) is 82.5 Å². The second kappa shape index (κ2) is 16.8. The molecule has 360 valence electrons. The zero-order chi connectivity index (χ0) is 50.7. The van der Waals surface area contributed by atoms with Gasteiger partial charge in [-0.1, -0.05) is 170 Å². The fraction of sp³-hybridized carbons (Fsp3) is 0.0143. The van der Waals surface area contributed by atoms with E-state index in [0.29, 0.717) is 17.5 Å². The fourth-order valence-electron chi connectivity index (χ4n) is 12.4. The van der Waals surface area contributed by atoms with Crippen molar-refractivity contribution in [2.24, 2.45) is 0 Å². The van der Waals surface area contributed by atoms with Crippen molar-refractivity contribution in [3.8, 4) is 56.9 Å². The molecule has 0 aliphatic carbocycles. The SMILES string of the molecule is Cc1cc2c(c3ccccc3n2-c2ccccc2)c2c1c1cc(-n3c4cc(-c5nc(-c6ccccc6)nc(-c6ccccc6)n5)ccc4c4c3ccc3c5ccccc5n(-c5ccccc5)c34)ccc1n2-c1ccccc1. The molecule has 5 aromatic heterocycles. The van der Waals surface area contributed by atoms with Crippen molar-refractivity contribution in [1.82, 2.24) is 33.2 Å². The first-order valence-corrected chi connectivity index (χ1v) is 26.2. The summed E-state index contributed by atoms with van der Waals surface area (Å²) in [6.45, 7) is 2.28. The topological polar surface area (TPSA) is 58.4 Å². The van der Waals surface area contributed by atoms with Crippen LogP contribution in [0, 0.1) is 6.92 Å². The summed E-state index contributed by atoms with van der Waals surface area (Å²) in [5.41, 5.74) is 17.6. The van der Waals surface area contributed by atoms with Crippen molar-refractivity contribution in [1.29, 1.82) is 0 Å². The second-order valence-electron chi connectivity index (χ2n) is 20.0. The van der Waals surface area contributed by atoms with Gasteiger partial charge in [-0.2, -0.15) is 0 Å². The van der Waals surface area contributed by atoms with Crippen LogP contribution in [0.1, 0.15) is 5.56 Å². The molecule has 0 N–H and O–H groups in total. The first-order valence-electron chi connectivity index (χ1n) is 26.2. The molecular formula is C70H45N7. The first-order chi connectivity index (χ1) is 38.1. The Morgan fingerprint density at radius 1 is 0.247 bits per heavy atom. The van der Waals surface area contributed by atoms with Crippen LogP contribution in [0.2, 0.25) is 0 Å². The number of aromatic nitrogens is 7. The van der Waals surface area contributed by atoms with Crippen molar-refractivity contribution >= 4 is 87.2 Å². The lowest BCUT2D eigenvalue weighted by atomic mass is 10.0. The van der Waals surface area contributed by atoms with Crippen LogP contribution in [0.4, 0.5) is 0 Å². The maximum absolute atomic E-state index is 5.24. The van der Waals surface area contributed by atoms with E-state index in [2.05, 4.69) is 244 Å². The highest BCUT2D eigenvalue weighted by Crippen LogP contribution is 2.47. The van der Waals surface area contributed by atoms with E-state index in [9.17, 15) is 0 Å². The molecule has 5 heterocycles. The molecule has 0 saturated carbocycles. The van der Waals surface area contributed by atoms with Crippen LogP contribution < -0.4 is 0 Å². The van der Waals surface area contributed by atoms with Gasteiger partial charge >= 0.3 is 0 Å². The third kappa shape index (κ3) is 6.47. The van der Waals surface area contributed by atoms with Crippen molar-refractivity contribution < 1.29 is 0 Å². The van der Waals surface area contributed by atoms with Crippen molar-refractivity contribution in [3.05, 3.63) is 260 Å². The van der Waals surface area contributed by atoms with E-state index in [1.165, 1.54) is 65.3 Å². The van der Waals surface area contributed by atoms with Gasteiger partial charge in [-0.3, -0.25) is 0 Å². The summed E-state index contributed by atoms with van der Waals surface area (Å²) in [6.07, 6.45) is 0. The van der Waals surface area contributed by atoms with E-state index in [1.54, 1.807) is 0 Å². The Hall–Kier alpha value is -10.4. The molecule has 0 amide bonds. The van der Waals surface area contributed by atoms with Crippen LogP contribution in [-0.2, 0) is 0 Å². The van der Waals surface area contributed by atoms with Crippen LogP contribution in [0.5, 0.6) is 0 Å². The normalized spacial score (nSPS) is 12.0. The summed E-state index contributed by atoms with van der Waals surface area (Å²) in [5.74, 6) is 1.86. The average Bonchev–Trinajstić information content (AvgIpc) is 4.24. The molecular weight excluding hydrogens is 939 g/mol. The molecule has 0 spiro atoms. The summed E-state index contributed by atoms with van der Waals surface area (Å²) in [7, 11) is 0. The Kier molecular flexibility index (Phi) is 9.41. The average molecular weight is 984 g/mol. The minimum atomic E-state index is 0.607. The Labute approximate surface area is 442 Å². The van der Waals surface area contributed by atoms with E-state index in [1.807, 2.05) is 36.4 Å². The van der Waals surface area contributed by atoms with Gasteiger partial charge < -0.3 is 18.3 Å². The molecule has 0 saturated heterocycles. The Morgan fingerprint density at radius 2 is 0.688 bits per heavy atom. The number of hydrogen-bond acceptors (Lipinski definition) is 3. The third-order valence-electron chi connectivity index (χ3n) is 15.7. The van der Waals surface area contributed by atoms with Gasteiger partial charge in [0.15, 0.2) is 17.5 Å². The Morgan fingerprint density at radius 3 is 1.31 bits per heavy atom. The van der Waals surface area contributed by atoms with Crippen molar-refractivity contribution in [2.45, 2.75) is 6.92 Å². The summed E-state index contributed by atoms with van der Waals surface area (Å²) >= 11 is 0. The number of aryl methyl sites for hydroxylation is 1. The van der Waals surface area contributed by atoms with E-state index in [0.717, 1.165) is 66.9 Å². The lowest BCUT2D eigenvalue weighted by Crippen LogP contribution is -2.00. The fourth-order valence-corrected chi connectivity index (χ4v) is 12.4. The predicted molar refractivity (Wildman–Crippen MR) is 318 cm³/mol. The molecule has 0 atom stereocenters. The molecule has 77 heavy (non-hydrogen) atoms. The molecule has 7 heteroatoms. The number of rotatable bonds is 7. The zero-order valence-electron chi connectivity index (χ0n) is 41.9. The monoisotopic (exact) mass is 983 g/mol. The van der Waals surface area contributed by atoms with Gasteiger partial charge in [0.05, 0.1) is 44.1 Å². The highest BCUT2D eigenvalue weighted by molar-refractivity contribution is 6.29. The van der Waals surface area contributed by atoms with Crippen LogP contribution >= 0.6 is 0 Å². The minimum absolute atomic E-state index is 0.607. The van der Waals surface area contributed by atoms with E-state index in [-0.39, 0.29) is 0 Å². The number of benzene rings is 11. The number of hydrogen-bond donors (Lipinski definition) is 0. The quantitative estimate of drug-likeness (QED) is 0.160. The second-order valence-corrected chi connectivity index (χ2v) is 20.0. The number of fused-ring (bicyclic) bond motifs is 14. The lowest BCUT2D eigenvalue weighted by Gasteiger charge is -2.12. The lowest BCUT2D eigenvalue weighted by molar-refractivity contribution is 1.07. The van der Waals surface area contributed by atoms with Crippen LogP contribution in [-0.4, -0.2) is 33.2 Å². The summed E-state index contributed by atoms with van der Waals surface area (Å²) in [4.78, 5) is 15.5. The number of para-hydroxylation sites is 5. The highest BCUT2D eigenvalue weighted by Gasteiger charge is 2.26. The van der Waals surface area contributed by atoms with Crippen LogP contribution in [0.3, 0.4) is 0 Å². The molecule has 0 unspecified atom stereocenters. The molecule has 16 rings (SSSR count). The standard InChI is InChI=1S/C70H45N7/c1-44-41-62-65(54-32-18-20-34-58(54)74(62)48-25-11-4-12-26-48)67-63(44)56-43-51(36-39-59(56)77(67)50-29-15-6-16-30-50)75-60-40-38-53-52-31-17-19-33-57(52)76(49-27-13-5-14-28-49)66(53)64(60)55-37-35-47(42-61(55)75)70-72-68(45-21-7-2-8-22-45)71-69(73-70)46-23-9-3-10-24-46/h2-43H,1H3. The first kappa shape index (κ1) is 43.1. The van der Waals surface area contributed by atoms with E-state index < -0.39 is 0 Å². The summed E-state index contributed by atoms with van der Waals surface area (Å²) in [5, 5.41) is 9.58. The van der Waals surface area contributed by atoms with Crippen molar-refractivity contribution in [3.63, 3.8) is 0 Å². The van der Waals surface area contributed by atoms with Crippen LogP contribution in [0.15, 0.2) is 255 Å². The Balaban J connectivity index is 1.03. The third-order valence-corrected chi connectivity index (χ3v) is 15.7. The smallest absolute Gasteiger partial charge is 0.164 e. The van der Waals surface area contributed by atoms with Gasteiger partial charge in [0.1, 0.15) is 0 Å². The van der Waals surface area contributed by atoms with Crippen LogP contribution in [0.25, 0.3) is 144 Å². The minimum Gasteiger partial charge on any atom is -0.309 e. The molecule has 0 aliphatic heterocycles. The van der Waals surface area contributed by atoms with Gasteiger partial charge in [-0.25, -0.2) is 15.0 Å². The zero-order valence-corrected chi connectivity index (χ0v) is 41.9. The molecule has 0 bridgehead atoms. The highest BCUT2D eigenvalue weighted by atomic mass is 15.1. The maximum Gasteiger partial charge on any atom is 0.164 e. The molecule has 0 aliphatic rings. The van der Waals surface area contributed by atoms with Gasteiger partial charge in [0.25, 0.3) is 0 Å². The maximum atomic E-state index is 5.24. The van der Waals surface area contributed by atoms with Gasteiger partial charge in [-0.15, -0.1) is 0 Å². The van der Waals surface area contributed by atoms with Crippen molar-refractivity contribution in [2.75, 3.05) is 0 Å². The van der Waals surface area contributed by atoms with E-state index >= 15 is 0 Å². The largest absolute Gasteiger partial charge is 0.309 e. The molecule has 0 fully saturated rings. The molecule has 11 aromatic carbocycles. The molecule has 7 nitrogen and oxygen atoms in total. The molecule has 16 aromatic rings. The van der Waals surface area contributed by atoms with Gasteiger partial charge in [-0.05, 0) is 97.4 Å². The predicted octanol–water partition coefficient (Wildman–Crippen LogP) is 17.6. The summed E-state index contributed by atoms with van der Waals surface area (Å²) in [6, 6.07) is 91.3. The van der Waals surface area contributed by atoms with Gasteiger partial charge in [0.2, 0.25) is 0 Å². The summed E-state index contributed by atoms with van der Waals surface area (Å²) < 4.78 is 9.84. The Bertz CT molecular complexity index is 4960. The molecule has 0 radical (unpaired) electrons. The van der Waals surface area contributed by atoms with E-state index in [4.69, 9.17) is 15.0 Å².